The number of hydrogen-bond donors (Lipinski definition) is 1. The van der Waals surface area contributed by atoms with Crippen LogP contribution in [0.3, 0.4) is 0 Å². The topological polar surface area (TPSA) is 76.7 Å². The summed E-state index contributed by atoms with van der Waals surface area (Å²) in [5.41, 5.74) is 0.545. The van der Waals surface area contributed by atoms with Crippen LogP contribution in [0, 0.1) is 0 Å². The van der Waals surface area contributed by atoms with Gasteiger partial charge in [0.1, 0.15) is 28.2 Å². The molecule has 3 aromatic rings. The van der Waals surface area contributed by atoms with Crippen molar-refractivity contribution in [2.45, 2.75) is 19.8 Å². The lowest BCUT2D eigenvalue weighted by Crippen LogP contribution is -2.07. The lowest BCUT2D eigenvalue weighted by molar-refractivity contribution is -0.134. The number of aromatic hydroxyl groups is 1. The predicted octanol–water partition coefficient (Wildman–Crippen LogP) is 3.87. The molecule has 2 aromatic carbocycles. The Morgan fingerprint density at radius 3 is 2.62 bits per heavy atom. The maximum atomic E-state index is 12.3. The Labute approximate surface area is 138 Å². The summed E-state index contributed by atoms with van der Waals surface area (Å²) in [6.45, 7) is 1.87. The Morgan fingerprint density at radius 2 is 1.92 bits per heavy atom. The number of phenols is 1. The summed E-state index contributed by atoms with van der Waals surface area (Å²) in [7, 11) is 0. The van der Waals surface area contributed by atoms with E-state index in [2.05, 4.69) is 0 Å². The van der Waals surface area contributed by atoms with E-state index < -0.39 is 5.97 Å². The minimum absolute atomic E-state index is 0.0602. The molecule has 1 aromatic heterocycles. The van der Waals surface area contributed by atoms with Crippen LogP contribution in [-0.4, -0.2) is 11.1 Å². The Kier molecular flexibility index (Phi) is 4.33. The van der Waals surface area contributed by atoms with Crippen LogP contribution < -0.4 is 10.2 Å². The van der Waals surface area contributed by atoms with Crippen molar-refractivity contribution in [2.75, 3.05) is 0 Å². The van der Waals surface area contributed by atoms with Gasteiger partial charge in [-0.1, -0.05) is 37.3 Å². The minimum Gasteiger partial charge on any atom is -0.507 e. The van der Waals surface area contributed by atoms with Gasteiger partial charge in [0.25, 0.3) is 0 Å². The van der Waals surface area contributed by atoms with Crippen LogP contribution in [0.5, 0.6) is 11.5 Å². The van der Waals surface area contributed by atoms with Crippen molar-refractivity contribution < 1.29 is 19.1 Å². The summed E-state index contributed by atoms with van der Waals surface area (Å²) >= 11 is 0. The predicted molar refractivity (Wildman–Crippen MR) is 90.1 cm³/mol. The van der Waals surface area contributed by atoms with E-state index in [1.165, 1.54) is 18.2 Å². The van der Waals surface area contributed by atoms with Crippen molar-refractivity contribution in [1.82, 2.24) is 0 Å². The first-order valence-electron chi connectivity index (χ1n) is 7.65. The smallest absolute Gasteiger partial charge is 0.311 e. The molecule has 0 atom stereocenters. The molecule has 0 fully saturated rings. The maximum Gasteiger partial charge on any atom is 0.311 e. The summed E-state index contributed by atoms with van der Waals surface area (Å²) in [5, 5.41) is 10.1. The monoisotopic (exact) mass is 324 g/mol. The number of benzene rings is 2. The highest BCUT2D eigenvalue weighted by Gasteiger charge is 2.14. The zero-order valence-electron chi connectivity index (χ0n) is 13.1. The highest BCUT2D eigenvalue weighted by molar-refractivity contribution is 5.87. The van der Waals surface area contributed by atoms with Gasteiger partial charge >= 0.3 is 5.97 Å². The molecule has 5 heteroatoms. The molecule has 0 aliphatic heterocycles. The lowest BCUT2D eigenvalue weighted by atomic mass is 10.1. The number of carbonyl (C=O) groups excluding carboxylic acids is 1. The maximum absolute atomic E-state index is 12.3. The molecule has 3 rings (SSSR count). The molecule has 0 aliphatic carbocycles. The van der Waals surface area contributed by atoms with Gasteiger partial charge in [-0.3, -0.25) is 9.59 Å². The summed E-state index contributed by atoms with van der Waals surface area (Å²) in [4.78, 5) is 23.9. The van der Waals surface area contributed by atoms with Crippen LogP contribution in [0.4, 0.5) is 0 Å². The highest BCUT2D eigenvalue weighted by atomic mass is 16.5. The van der Waals surface area contributed by atoms with Gasteiger partial charge in [0, 0.05) is 30.2 Å². The SMILES string of the molecule is CCCC(=O)Oc1cc(O)c2c(=O)cc(-c3ccccc3)oc2c1. The first-order chi connectivity index (χ1) is 11.6. The van der Waals surface area contributed by atoms with Crippen molar-refractivity contribution in [3.63, 3.8) is 0 Å². The van der Waals surface area contributed by atoms with Crippen molar-refractivity contribution in [3.05, 3.63) is 58.8 Å². The van der Waals surface area contributed by atoms with Crippen LogP contribution in [0.25, 0.3) is 22.3 Å². The third kappa shape index (κ3) is 3.15. The quantitative estimate of drug-likeness (QED) is 0.582. The zero-order valence-corrected chi connectivity index (χ0v) is 13.1. The molecule has 1 heterocycles. The lowest BCUT2D eigenvalue weighted by Gasteiger charge is -2.08. The number of ether oxygens (including phenoxy) is 1. The molecule has 122 valence electrons. The fourth-order valence-corrected chi connectivity index (χ4v) is 2.43. The fraction of sp³-hybridized carbons (Fsp3) is 0.158. The normalized spacial score (nSPS) is 10.7. The number of hydrogen-bond acceptors (Lipinski definition) is 5. The summed E-state index contributed by atoms with van der Waals surface area (Å²) in [5.74, 6) is -0.158. The first-order valence-corrected chi connectivity index (χ1v) is 7.65. The molecule has 0 aliphatic rings. The van der Waals surface area contributed by atoms with E-state index in [4.69, 9.17) is 9.15 Å². The second kappa shape index (κ2) is 6.58. The van der Waals surface area contributed by atoms with Gasteiger partial charge in [-0.15, -0.1) is 0 Å². The van der Waals surface area contributed by atoms with E-state index in [0.29, 0.717) is 12.2 Å². The zero-order chi connectivity index (χ0) is 17.1. The molecule has 0 saturated carbocycles. The molecule has 1 N–H and O–H groups in total. The van der Waals surface area contributed by atoms with Crippen molar-refractivity contribution in [1.29, 1.82) is 0 Å². The average molecular weight is 324 g/mol. The van der Waals surface area contributed by atoms with E-state index in [1.807, 2.05) is 37.3 Å². The van der Waals surface area contributed by atoms with Gasteiger partial charge in [-0.25, -0.2) is 0 Å². The molecule has 0 radical (unpaired) electrons. The van der Waals surface area contributed by atoms with Gasteiger partial charge in [0.05, 0.1) is 0 Å². The summed E-state index contributed by atoms with van der Waals surface area (Å²) in [6.07, 6.45) is 0.929. The molecule has 5 nitrogen and oxygen atoms in total. The van der Waals surface area contributed by atoms with Crippen molar-refractivity contribution >= 4 is 16.9 Å². The highest BCUT2D eigenvalue weighted by Crippen LogP contribution is 2.31. The van der Waals surface area contributed by atoms with E-state index in [9.17, 15) is 14.7 Å². The van der Waals surface area contributed by atoms with Crippen LogP contribution in [0.2, 0.25) is 0 Å². The van der Waals surface area contributed by atoms with Crippen LogP contribution in [-0.2, 0) is 4.79 Å². The Morgan fingerprint density at radius 1 is 1.17 bits per heavy atom. The molecule has 0 amide bonds. The van der Waals surface area contributed by atoms with E-state index in [-0.39, 0.29) is 34.3 Å². The van der Waals surface area contributed by atoms with Crippen LogP contribution in [0.1, 0.15) is 19.8 Å². The van der Waals surface area contributed by atoms with Gasteiger partial charge in [-0.2, -0.15) is 0 Å². The van der Waals surface area contributed by atoms with E-state index in [1.54, 1.807) is 0 Å². The second-order valence-electron chi connectivity index (χ2n) is 5.38. The third-order valence-electron chi connectivity index (χ3n) is 3.53. The number of rotatable bonds is 4. The first kappa shape index (κ1) is 15.8. The Hall–Kier alpha value is -3.08. The number of phenolic OH excluding ortho intramolecular Hbond substituents is 1. The molecule has 0 saturated heterocycles. The molecule has 0 unspecified atom stereocenters. The van der Waals surface area contributed by atoms with E-state index >= 15 is 0 Å². The molecular weight excluding hydrogens is 308 g/mol. The summed E-state index contributed by atoms with van der Waals surface area (Å²) < 4.78 is 10.9. The van der Waals surface area contributed by atoms with Crippen LogP contribution in [0.15, 0.2) is 57.7 Å². The van der Waals surface area contributed by atoms with Crippen molar-refractivity contribution in [2.24, 2.45) is 0 Å². The summed E-state index contributed by atoms with van der Waals surface area (Å²) in [6, 6.07) is 13.2. The molecule has 0 spiro atoms. The van der Waals surface area contributed by atoms with E-state index in [0.717, 1.165) is 5.56 Å². The fourth-order valence-electron chi connectivity index (χ4n) is 2.43. The van der Waals surface area contributed by atoms with Gasteiger partial charge in [0.2, 0.25) is 0 Å². The van der Waals surface area contributed by atoms with Gasteiger partial charge < -0.3 is 14.3 Å². The number of carbonyl (C=O) groups is 1. The molecular formula is C19H16O5. The Balaban J connectivity index is 2.11. The average Bonchev–Trinajstić information content (AvgIpc) is 2.55. The minimum atomic E-state index is -0.405. The van der Waals surface area contributed by atoms with Crippen molar-refractivity contribution in [3.8, 4) is 22.8 Å². The molecule has 24 heavy (non-hydrogen) atoms. The third-order valence-corrected chi connectivity index (χ3v) is 3.53. The Bertz CT molecular complexity index is 941. The largest absolute Gasteiger partial charge is 0.507 e. The second-order valence-corrected chi connectivity index (χ2v) is 5.38. The standard InChI is InChI=1S/C19H16O5/c1-2-6-18(22)23-13-9-14(20)19-15(21)11-16(24-17(19)10-13)12-7-4-3-5-8-12/h3-5,7-11,20H,2,6H2,1H3. The van der Waals surface area contributed by atoms with Gasteiger partial charge in [-0.05, 0) is 6.42 Å². The number of esters is 1. The molecule has 0 bridgehead atoms. The number of fused-ring (bicyclic) bond motifs is 1. The van der Waals surface area contributed by atoms with Gasteiger partial charge in [0.15, 0.2) is 5.43 Å². The van der Waals surface area contributed by atoms with Crippen LogP contribution >= 0.6 is 0 Å².